The first-order chi connectivity index (χ1) is 22.0. The van der Waals surface area contributed by atoms with Gasteiger partial charge in [0.1, 0.15) is 12.4 Å². The molecule has 4 aromatic carbocycles. The average molecular weight is 698 g/mol. The molecule has 1 atom stereocenters. The van der Waals surface area contributed by atoms with Crippen LogP contribution in [-0.2, 0) is 16.1 Å². The third-order valence-corrected chi connectivity index (χ3v) is 9.52. The molecule has 0 saturated heterocycles. The fourth-order valence-electron chi connectivity index (χ4n) is 5.18. The SMILES string of the molecule is CCOC(=O)C1=C(c2ccccc2)N=c2s/c(=C\c3cc(Br)ccc3OCc3ccccc3)c(=O)n2[C@H]1c1ccc(SC)cc1. The molecule has 1 aromatic heterocycles. The number of hydrogen-bond donors (Lipinski definition) is 0. The molecule has 226 valence electrons. The van der Waals surface area contributed by atoms with Gasteiger partial charge in [0.25, 0.3) is 5.56 Å². The summed E-state index contributed by atoms with van der Waals surface area (Å²) in [5, 5.41) is 0. The Bertz CT molecular complexity index is 2050. The quantitative estimate of drug-likeness (QED) is 0.123. The fraction of sp³-hybridized carbons (Fsp3) is 0.139. The van der Waals surface area contributed by atoms with E-state index < -0.39 is 12.0 Å². The van der Waals surface area contributed by atoms with Gasteiger partial charge in [0.05, 0.1) is 28.5 Å². The van der Waals surface area contributed by atoms with E-state index in [4.69, 9.17) is 14.5 Å². The van der Waals surface area contributed by atoms with Crippen LogP contribution in [0.3, 0.4) is 0 Å². The third kappa shape index (κ3) is 6.61. The summed E-state index contributed by atoms with van der Waals surface area (Å²) in [6.45, 7) is 2.36. The largest absolute Gasteiger partial charge is 0.488 e. The molecule has 0 saturated carbocycles. The summed E-state index contributed by atoms with van der Waals surface area (Å²) in [6, 6.07) is 32.4. The predicted molar refractivity (Wildman–Crippen MR) is 184 cm³/mol. The molecule has 0 N–H and O–H groups in total. The lowest BCUT2D eigenvalue weighted by molar-refractivity contribution is -0.138. The van der Waals surface area contributed by atoms with Crippen LogP contribution in [0.5, 0.6) is 5.75 Å². The first-order valence-corrected chi connectivity index (χ1v) is 17.2. The number of esters is 1. The second-order valence-electron chi connectivity index (χ2n) is 10.2. The molecule has 1 aliphatic rings. The van der Waals surface area contributed by atoms with Crippen molar-refractivity contribution in [2.75, 3.05) is 12.9 Å². The van der Waals surface area contributed by atoms with Crippen molar-refractivity contribution < 1.29 is 14.3 Å². The van der Waals surface area contributed by atoms with Gasteiger partial charge in [0.15, 0.2) is 4.80 Å². The zero-order chi connectivity index (χ0) is 31.3. The summed E-state index contributed by atoms with van der Waals surface area (Å²) in [7, 11) is 0. The van der Waals surface area contributed by atoms with Gasteiger partial charge in [-0.05, 0) is 60.7 Å². The number of thioether (sulfide) groups is 1. The van der Waals surface area contributed by atoms with E-state index in [2.05, 4.69) is 15.9 Å². The Morgan fingerprint density at radius 3 is 2.40 bits per heavy atom. The summed E-state index contributed by atoms with van der Waals surface area (Å²) in [5.41, 5.74) is 3.93. The maximum Gasteiger partial charge on any atom is 0.338 e. The summed E-state index contributed by atoms with van der Waals surface area (Å²) in [6.07, 6.45) is 3.84. The van der Waals surface area contributed by atoms with Crippen molar-refractivity contribution >= 4 is 56.8 Å². The first-order valence-electron chi connectivity index (χ1n) is 14.4. The summed E-state index contributed by atoms with van der Waals surface area (Å²) in [4.78, 5) is 34.5. The normalized spacial score (nSPS) is 14.6. The number of hydrogen-bond acceptors (Lipinski definition) is 7. The molecule has 5 aromatic rings. The van der Waals surface area contributed by atoms with E-state index in [1.54, 1.807) is 23.3 Å². The minimum atomic E-state index is -0.732. The second kappa shape index (κ2) is 13.9. The number of halogens is 1. The van der Waals surface area contributed by atoms with Gasteiger partial charge in [-0.2, -0.15) is 0 Å². The Morgan fingerprint density at radius 2 is 1.71 bits per heavy atom. The standard InChI is InChI=1S/C36H29BrN2O4S2/c1-3-42-35(41)31-32(24-12-8-5-9-13-24)38-36-39(33(31)25-14-17-28(44-2)18-15-25)34(40)30(45-36)21-26-20-27(37)16-19-29(26)43-22-23-10-6-4-7-11-23/h4-21,33H,3,22H2,1-2H3/b30-21-/t33-/m0/s1. The number of rotatable bonds is 9. The highest BCUT2D eigenvalue weighted by molar-refractivity contribution is 9.10. The number of aromatic nitrogens is 1. The lowest BCUT2D eigenvalue weighted by atomic mass is 9.93. The van der Waals surface area contributed by atoms with Gasteiger partial charge >= 0.3 is 5.97 Å². The van der Waals surface area contributed by atoms with E-state index >= 15 is 0 Å². The number of ether oxygens (including phenoxy) is 2. The lowest BCUT2D eigenvalue weighted by Crippen LogP contribution is -2.40. The highest BCUT2D eigenvalue weighted by Gasteiger charge is 2.35. The number of carbonyl (C=O) groups is 1. The van der Waals surface area contributed by atoms with Gasteiger partial charge in [-0.3, -0.25) is 9.36 Å². The third-order valence-electron chi connectivity index (χ3n) is 7.30. The van der Waals surface area contributed by atoms with Crippen LogP contribution in [0.4, 0.5) is 0 Å². The molecule has 0 unspecified atom stereocenters. The lowest BCUT2D eigenvalue weighted by Gasteiger charge is -2.26. The molecule has 0 aliphatic carbocycles. The van der Waals surface area contributed by atoms with Gasteiger partial charge in [0.2, 0.25) is 0 Å². The van der Waals surface area contributed by atoms with Gasteiger partial charge in [0, 0.05) is 20.5 Å². The minimum absolute atomic E-state index is 0.196. The number of carbonyl (C=O) groups excluding carboxylic acids is 1. The molecule has 0 fully saturated rings. The van der Waals surface area contributed by atoms with Gasteiger partial charge < -0.3 is 9.47 Å². The van der Waals surface area contributed by atoms with E-state index in [-0.39, 0.29) is 12.2 Å². The Morgan fingerprint density at radius 1 is 1.00 bits per heavy atom. The maximum atomic E-state index is 14.3. The van der Waals surface area contributed by atoms with Crippen LogP contribution in [0, 0.1) is 0 Å². The van der Waals surface area contributed by atoms with Crippen LogP contribution >= 0.6 is 39.0 Å². The molecule has 0 bridgehead atoms. The number of nitrogens with zero attached hydrogens (tertiary/aromatic N) is 2. The van der Waals surface area contributed by atoms with Crippen LogP contribution in [0.15, 0.2) is 128 Å². The fourth-order valence-corrected chi connectivity index (χ4v) is 6.96. The van der Waals surface area contributed by atoms with E-state index in [1.807, 2.05) is 115 Å². The summed E-state index contributed by atoms with van der Waals surface area (Å²) in [5.74, 6) is 0.145. The van der Waals surface area contributed by atoms with Crippen LogP contribution in [0.2, 0.25) is 0 Å². The Balaban J connectivity index is 1.55. The van der Waals surface area contributed by atoms with Gasteiger partial charge in [-0.15, -0.1) is 11.8 Å². The van der Waals surface area contributed by atoms with Crippen LogP contribution < -0.4 is 19.6 Å². The van der Waals surface area contributed by atoms with Crippen LogP contribution in [0.25, 0.3) is 11.8 Å². The van der Waals surface area contributed by atoms with Crippen molar-refractivity contribution in [2.24, 2.45) is 4.99 Å². The maximum absolute atomic E-state index is 14.3. The van der Waals surface area contributed by atoms with Crippen molar-refractivity contribution in [2.45, 2.75) is 24.5 Å². The molecule has 6 rings (SSSR count). The summed E-state index contributed by atoms with van der Waals surface area (Å²) >= 11 is 6.48. The zero-order valence-corrected chi connectivity index (χ0v) is 27.8. The topological polar surface area (TPSA) is 69.9 Å². The molecule has 6 nitrogen and oxygen atoms in total. The monoisotopic (exact) mass is 696 g/mol. The molecule has 0 spiro atoms. The Labute approximate surface area is 277 Å². The first kappa shape index (κ1) is 30.8. The molecule has 45 heavy (non-hydrogen) atoms. The van der Waals surface area contributed by atoms with Gasteiger partial charge in [-0.1, -0.05) is 100 Å². The Hall–Kier alpha value is -4.18. The average Bonchev–Trinajstić information content (AvgIpc) is 3.38. The minimum Gasteiger partial charge on any atom is -0.488 e. The van der Waals surface area contributed by atoms with Crippen LogP contribution in [-0.4, -0.2) is 23.4 Å². The second-order valence-corrected chi connectivity index (χ2v) is 13.0. The van der Waals surface area contributed by atoms with E-state index in [0.29, 0.717) is 33.0 Å². The van der Waals surface area contributed by atoms with Crippen molar-refractivity contribution in [1.82, 2.24) is 4.57 Å². The zero-order valence-electron chi connectivity index (χ0n) is 24.6. The molecular formula is C36H29BrN2O4S2. The Kier molecular flexibility index (Phi) is 9.49. The molecule has 1 aliphatic heterocycles. The smallest absolute Gasteiger partial charge is 0.338 e. The van der Waals surface area contributed by atoms with Crippen molar-refractivity contribution in [3.63, 3.8) is 0 Å². The highest BCUT2D eigenvalue weighted by atomic mass is 79.9. The molecular weight excluding hydrogens is 668 g/mol. The summed E-state index contributed by atoms with van der Waals surface area (Å²) < 4.78 is 14.7. The highest BCUT2D eigenvalue weighted by Crippen LogP contribution is 2.36. The predicted octanol–water partition coefficient (Wildman–Crippen LogP) is 7.00. The van der Waals surface area contributed by atoms with Crippen LogP contribution in [0.1, 0.15) is 35.2 Å². The molecule has 0 radical (unpaired) electrons. The molecule has 0 amide bonds. The van der Waals surface area contributed by atoms with Gasteiger partial charge in [-0.25, -0.2) is 9.79 Å². The number of fused-ring (bicyclic) bond motifs is 1. The van der Waals surface area contributed by atoms with Crippen molar-refractivity contribution in [3.8, 4) is 5.75 Å². The van der Waals surface area contributed by atoms with Crippen molar-refractivity contribution in [3.05, 3.63) is 155 Å². The molecule has 2 heterocycles. The molecule has 9 heteroatoms. The number of thiazole rings is 1. The van der Waals surface area contributed by atoms with Crippen molar-refractivity contribution in [1.29, 1.82) is 0 Å². The van der Waals surface area contributed by atoms with E-state index in [1.165, 1.54) is 11.3 Å². The van der Waals surface area contributed by atoms with E-state index in [9.17, 15) is 9.59 Å². The number of benzene rings is 4. The van der Waals surface area contributed by atoms with E-state index in [0.717, 1.165) is 31.6 Å².